The number of H-pyrrole nitrogens is 1. The van der Waals surface area contributed by atoms with Gasteiger partial charge in [-0.05, 0) is 61.7 Å². The number of nitrogens with zero attached hydrogens (tertiary/aromatic N) is 1. The number of aliphatic hydroxyl groups excluding tert-OH is 1. The molecule has 0 radical (unpaired) electrons. The van der Waals surface area contributed by atoms with Gasteiger partial charge >= 0.3 is 0 Å². The summed E-state index contributed by atoms with van der Waals surface area (Å²) in [5.41, 5.74) is 5.37. The molecule has 0 bridgehead atoms. The van der Waals surface area contributed by atoms with Gasteiger partial charge in [0.25, 0.3) is 5.91 Å². The van der Waals surface area contributed by atoms with Crippen LogP contribution in [-0.4, -0.2) is 65.8 Å². The Morgan fingerprint density at radius 2 is 1.80 bits per heavy atom. The molecule has 41 heavy (non-hydrogen) atoms. The molecular formula is C34H38N4O3. The number of rotatable bonds is 9. The minimum absolute atomic E-state index is 0.102. The van der Waals surface area contributed by atoms with Crippen molar-refractivity contribution in [3.63, 3.8) is 0 Å². The molecule has 0 saturated carbocycles. The molecule has 1 amide bonds. The number of fused-ring (bicyclic) bond motifs is 1. The van der Waals surface area contributed by atoms with Gasteiger partial charge in [0, 0.05) is 61.0 Å². The molecular weight excluding hydrogens is 512 g/mol. The molecule has 0 unspecified atom stereocenters. The number of hydrogen-bond acceptors (Lipinski definition) is 5. The Bertz CT molecular complexity index is 1540. The van der Waals surface area contributed by atoms with Gasteiger partial charge in [-0.3, -0.25) is 9.69 Å². The third-order valence-electron chi connectivity index (χ3n) is 7.25. The minimum atomic E-state index is -0.458. The third kappa shape index (κ3) is 7.36. The third-order valence-corrected chi connectivity index (χ3v) is 7.25. The lowest BCUT2D eigenvalue weighted by Crippen LogP contribution is -2.42. The number of para-hydroxylation sites is 1. The van der Waals surface area contributed by atoms with Gasteiger partial charge in [-0.15, -0.1) is 0 Å². The monoisotopic (exact) mass is 550 g/mol. The standard InChI is InChI=1S/C34H38N4O3/c1-24(2)41-33-14-12-25(11-13-26-7-3-4-8-27(26)22-38-17-15-35-16-18-38)19-31(33)34(40)37-29(23-39)20-28-21-36-32-10-6-5-9-30(28)32/h3-10,12,14,19,21,24,29,35-36,39H,15-18,20,22-23H2,1-2H3,(H,37,40)/t29-/m1/s1. The van der Waals surface area contributed by atoms with Crippen LogP contribution in [0.1, 0.15) is 46.5 Å². The summed E-state index contributed by atoms with van der Waals surface area (Å²) < 4.78 is 5.98. The zero-order valence-corrected chi connectivity index (χ0v) is 23.7. The number of nitrogens with one attached hydrogen (secondary N) is 3. The molecule has 1 aliphatic rings. The largest absolute Gasteiger partial charge is 0.490 e. The van der Waals surface area contributed by atoms with E-state index in [1.165, 1.54) is 5.56 Å². The molecule has 1 aliphatic heterocycles. The van der Waals surface area contributed by atoms with Crippen LogP contribution < -0.4 is 15.4 Å². The molecule has 4 aromatic rings. The Morgan fingerprint density at radius 3 is 2.61 bits per heavy atom. The van der Waals surface area contributed by atoms with Crippen molar-refractivity contribution in [2.75, 3.05) is 32.8 Å². The van der Waals surface area contributed by atoms with Gasteiger partial charge < -0.3 is 25.5 Å². The van der Waals surface area contributed by atoms with Crippen LogP contribution in [-0.2, 0) is 13.0 Å². The van der Waals surface area contributed by atoms with Crippen LogP contribution in [0.15, 0.2) is 72.9 Å². The molecule has 212 valence electrons. The van der Waals surface area contributed by atoms with Crippen LogP contribution in [0.25, 0.3) is 10.9 Å². The van der Waals surface area contributed by atoms with Crippen LogP contribution in [0, 0.1) is 11.8 Å². The van der Waals surface area contributed by atoms with Crippen molar-refractivity contribution in [1.82, 2.24) is 20.5 Å². The molecule has 3 aromatic carbocycles. The summed E-state index contributed by atoms with van der Waals surface area (Å²) in [7, 11) is 0. The molecule has 1 saturated heterocycles. The fourth-order valence-corrected chi connectivity index (χ4v) is 5.16. The van der Waals surface area contributed by atoms with E-state index in [1.54, 1.807) is 12.1 Å². The number of aliphatic hydroxyl groups is 1. The highest BCUT2D eigenvalue weighted by Crippen LogP contribution is 2.23. The van der Waals surface area contributed by atoms with Crippen LogP contribution in [0.4, 0.5) is 0 Å². The van der Waals surface area contributed by atoms with Crippen molar-refractivity contribution < 1.29 is 14.6 Å². The molecule has 1 aromatic heterocycles. The maximum Gasteiger partial charge on any atom is 0.255 e. The average Bonchev–Trinajstić information content (AvgIpc) is 3.39. The van der Waals surface area contributed by atoms with E-state index >= 15 is 0 Å². The zero-order valence-electron chi connectivity index (χ0n) is 23.7. The van der Waals surface area contributed by atoms with Crippen LogP contribution in [0.5, 0.6) is 5.75 Å². The first-order valence-corrected chi connectivity index (χ1v) is 14.3. The molecule has 4 N–H and O–H groups in total. The van der Waals surface area contributed by atoms with E-state index < -0.39 is 6.04 Å². The molecule has 0 aliphatic carbocycles. The van der Waals surface area contributed by atoms with Crippen LogP contribution in [0.2, 0.25) is 0 Å². The van der Waals surface area contributed by atoms with Crippen molar-refractivity contribution >= 4 is 16.8 Å². The maximum absolute atomic E-state index is 13.5. The molecule has 2 heterocycles. The maximum atomic E-state index is 13.5. The summed E-state index contributed by atoms with van der Waals surface area (Å²) in [6, 6.07) is 21.3. The molecule has 7 heteroatoms. The Labute approximate surface area is 241 Å². The van der Waals surface area contributed by atoms with E-state index in [1.807, 2.05) is 62.5 Å². The first-order chi connectivity index (χ1) is 20.0. The van der Waals surface area contributed by atoms with E-state index in [9.17, 15) is 9.90 Å². The van der Waals surface area contributed by atoms with Crippen molar-refractivity contribution in [3.05, 3.63) is 101 Å². The van der Waals surface area contributed by atoms with Crippen molar-refractivity contribution in [3.8, 4) is 17.6 Å². The number of amides is 1. The van der Waals surface area contributed by atoms with E-state index in [4.69, 9.17) is 4.74 Å². The van der Waals surface area contributed by atoms with Gasteiger partial charge in [-0.1, -0.05) is 48.2 Å². The van der Waals surface area contributed by atoms with Crippen molar-refractivity contribution in [2.24, 2.45) is 0 Å². The fraction of sp³-hybridized carbons (Fsp3) is 0.324. The van der Waals surface area contributed by atoms with Gasteiger partial charge in [-0.2, -0.15) is 0 Å². The predicted molar refractivity (Wildman–Crippen MR) is 163 cm³/mol. The number of carbonyl (C=O) groups is 1. The summed E-state index contributed by atoms with van der Waals surface area (Å²) in [6.45, 7) is 8.58. The lowest BCUT2D eigenvalue weighted by molar-refractivity contribution is 0.0910. The lowest BCUT2D eigenvalue weighted by atomic mass is 10.0. The molecule has 5 rings (SSSR count). The number of hydrogen-bond donors (Lipinski definition) is 4. The van der Waals surface area contributed by atoms with Crippen LogP contribution in [0.3, 0.4) is 0 Å². The van der Waals surface area contributed by atoms with E-state index in [0.717, 1.165) is 60.3 Å². The van der Waals surface area contributed by atoms with E-state index in [-0.39, 0.29) is 18.6 Å². The fourth-order valence-electron chi connectivity index (χ4n) is 5.16. The SMILES string of the molecule is CC(C)Oc1ccc(C#Cc2ccccc2CN2CCNCC2)cc1C(=O)N[C@@H](CO)Cc1c[nH]c2ccccc12. The predicted octanol–water partition coefficient (Wildman–Crippen LogP) is 4.09. The summed E-state index contributed by atoms with van der Waals surface area (Å²) in [4.78, 5) is 19.2. The molecule has 1 atom stereocenters. The van der Waals surface area contributed by atoms with Crippen LogP contribution >= 0.6 is 0 Å². The first kappa shape index (κ1) is 28.4. The van der Waals surface area contributed by atoms with Crippen molar-refractivity contribution in [2.45, 2.75) is 39.0 Å². The summed E-state index contributed by atoms with van der Waals surface area (Å²) in [5, 5.41) is 17.6. The Morgan fingerprint density at radius 1 is 1.02 bits per heavy atom. The number of ether oxygens (including phenoxy) is 1. The highest BCUT2D eigenvalue weighted by molar-refractivity contribution is 5.97. The van der Waals surface area contributed by atoms with Gasteiger partial charge in [0.2, 0.25) is 0 Å². The van der Waals surface area contributed by atoms with Gasteiger partial charge in [0.15, 0.2) is 0 Å². The van der Waals surface area contributed by atoms with Crippen molar-refractivity contribution in [1.29, 1.82) is 0 Å². The molecule has 0 spiro atoms. The summed E-state index contributed by atoms with van der Waals surface area (Å²) in [5.74, 6) is 6.79. The lowest BCUT2D eigenvalue weighted by Gasteiger charge is -2.27. The quantitative estimate of drug-likeness (QED) is 0.236. The number of aromatic nitrogens is 1. The molecule has 7 nitrogen and oxygen atoms in total. The van der Waals surface area contributed by atoms with Gasteiger partial charge in [0.1, 0.15) is 5.75 Å². The number of aromatic amines is 1. The Balaban J connectivity index is 1.36. The Hall–Kier alpha value is -4.09. The second-order valence-corrected chi connectivity index (χ2v) is 10.7. The highest BCUT2D eigenvalue weighted by atomic mass is 16.5. The number of carbonyl (C=O) groups excluding carboxylic acids is 1. The Kier molecular flexibility index (Phi) is 9.37. The smallest absolute Gasteiger partial charge is 0.255 e. The number of piperazine rings is 1. The molecule has 1 fully saturated rings. The summed E-state index contributed by atoms with van der Waals surface area (Å²) in [6.07, 6.45) is 2.33. The van der Waals surface area contributed by atoms with Gasteiger partial charge in [-0.25, -0.2) is 0 Å². The number of benzene rings is 3. The normalized spacial score (nSPS) is 14.4. The van der Waals surface area contributed by atoms with E-state index in [0.29, 0.717) is 17.7 Å². The zero-order chi connectivity index (χ0) is 28.6. The topological polar surface area (TPSA) is 89.6 Å². The second kappa shape index (κ2) is 13.5. The average molecular weight is 551 g/mol. The minimum Gasteiger partial charge on any atom is -0.490 e. The second-order valence-electron chi connectivity index (χ2n) is 10.7. The van der Waals surface area contributed by atoms with Gasteiger partial charge in [0.05, 0.1) is 24.3 Å². The first-order valence-electron chi connectivity index (χ1n) is 14.3. The van der Waals surface area contributed by atoms with E-state index in [2.05, 4.69) is 44.5 Å². The highest BCUT2D eigenvalue weighted by Gasteiger charge is 2.20. The summed E-state index contributed by atoms with van der Waals surface area (Å²) >= 11 is 0.